The average molecular weight is 294 g/mol. The van der Waals surface area contributed by atoms with Crippen LogP contribution in [0.25, 0.3) is 0 Å². The van der Waals surface area contributed by atoms with Gasteiger partial charge in [0.2, 0.25) is 5.89 Å². The molecule has 1 aromatic rings. The standard InChI is InChI=1S/C15H26N4O2/c1-5-13(10(2)3)17-15(20)19-8-6-7-12(9-19)14-16-11(4)18-21-14/h10,12-13H,5-9H2,1-4H3,(H,17,20). The number of nitrogens with zero attached hydrogens (tertiary/aromatic N) is 3. The van der Waals surface area contributed by atoms with Gasteiger partial charge in [-0.1, -0.05) is 25.9 Å². The molecule has 0 aromatic carbocycles. The largest absolute Gasteiger partial charge is 0.339 e. The third-order valence-corrected chi connectivity index (χ3v) is 4.15. The number of piperidine rings is 1. The zero-order valence-corrected chi connectivity index (χ0v) is 13.4. The van der Waals surface area contributed by atoms with Crippen LogP contribution in [0.15, 0.2) is 4.52 Å². The Hall–Kier alpha value is -1.59. The minimum atomic E-state index is 0.0245. The highest BCUT2D eigenvalue weighted by Gasteiger charge is 2.29. The molecule has 1 aromatic heterocycles. The maximum atomic E-state index is 12.4. The first-order valence-electron chi connectivity index (χ1n) is 7.86. The van der Waals surface area contributed by atoms with Crippen molar-refractivity contribution in [2.24, 2.45) is 5.92 Å². The molecule has 2 amide bonds. The van der Waals surface area contributed by atoms with E-state index >= 15 is 0 Å². The molecule has 0 aliphatic carbocycles. The zero-order valence-electron chi connectivity index (χ0n) is 13.4. The third-order valence-electron chi connectivity index (χ3n) is 4.15. The van der Waals surface area contributed by atoms with Gasteiger partial charge in [0.05, 0.1) is 5.92 Å². The number of carbonyl (C=O) groups is 1. The molecule has 1 N–H and O–H groups in total. The summed E-state index contributed by atoms with van der Waals surface area (Å²) in [4.78, 5) is 18.6. The average Bonchev–Trinajstić information content (AvgIpc) is 2.91. The number of carbonyl (C=O) groups excluding carboxylic acids is 1. The lowest BCUT2D eigenvalue weighted by Crippen LogP contribution is -2.49. The van der Waals surface area contributed by atoms with Gasteiger partial charge in [0, 0.05) is 19.1 Å². The maximum Gasteiger partial charge on any atom is 0.317 e. The van der Waals surface area contributed by atoms with Gasteiger partial charge in [0.15, 0.2) is 5.82 Å². The molecule has 21 heavy (non-hydrogen) atoms. The highest BCUT2D eigenvalue weighted by molar-refractivity contribution is 5.74. The number of likely N-dealkylation sites (tertiary alicyclic amines) is 1. The molecule has 1 aliphatic heterocycles. The topological polar surface area (TPSA) is 71.3 Å². The van der Waals surface area contributed by atoms with Crippen LogP contribution in [0.2, 0.25) is 0 Å². The summed E-state index contributed by atoms with van der Waals surface area (Å²) in [5.41, 5.74) is 0. The van der Waals surface area contributed by atoms with Crippen molar-refractivity contribution in [3.63, 3.8) is 0 Å². The van der Waals surface area contributed by atoms with Crippen molar-refractivity contribution in [1.82, 2.24) is 20.4 Å². The van der Waals surface area contributed by atoms with Gasteiger partial charge in [-0.05, 0) is 32.1 Å². The van der Waals surface area contributed by atoms with Crippen molar-refractivity contribution < 1.29 is 9.32 Å². The Morgan fingerprint density at radius 3 is 2.86 bits per heavy atom. The van der Waals surface area contributed by atoms with Crippen molar-refractivity contribution in [1.29, 1.82) is 0 Å². The molecular weight excluding hydrogens is 268 g/mol. The predicted molar refractivity (Wildman–Crippen MR) is 80.0 cm³/mol. The molecule has 2 rings (SSSR count). The molecule has 0 bridgehead atoms. The van der Waals surface area contributed by atoms with Crippen LogP contribution in [0, 0.1) is 12.8 Å². The van der Waals surface area contributed by atoms with Gasteiger partial charge in [0.1, 0.15) is 0 Å². The van der Waals surface area contributed by atoms with Gasteiger partial charge < -0.3 is 14.7 Å². The molecule has 0 saturated carbocycles. The van der Waals surface area contributed by atoms with Crippen molar-refractivity contribution >= 4 is 6.03 Å². The first kappa shape index (κ1) is 15.8. The minimum absolute atomic E-state index is 0.0245. The Morgan fingerprint density at radius 2 is 2.29 bits per heavy atom. The van der Waals surface area contributed by atoms with E-state index in [1.807, 2.05) is 11.8 Å². The quantitative estimate of drug-likeness (QED) is 0.926. The Kier molecular flexibility index (Phi) is 5.20. The molecule has 2 unspecified atom stereocenters. The number of hydrogen-bond acceptors (Lipinski definition) is 4. The molecule has 1 fully saturated rings. The summed E-state index contributed by atoms with van der Waals surface area (Å²) in [6.07, 6.45) is 2.91. The molecule has 6 nitrogen and oxygen atoms in total. The predicted octanol–water partition coefficient (Wildman–Crippen LogP) is 2.70. The van der Waals surface area contributed by atoms with Gasteiger partial charge in [0.25, 0.3) is 0 Å². The summed E-state index contributed by atoms with van der Waals surface area (Å²) in [5.74, 6) is 1.90. The molecule has 1 saturated heterocycles. The second-order valence-corrected chi connectivity index (χ2v) is 6.17. The van der Waals surface area contributed by atoms with Crippen molar-refractivity contribution in [2.45, 2.75) is 58.9 Å². The molecule has 1 aliphatic rings. The van der Waals surface area contributed by atoms with E-state index in [9.17, 15) is 4.79 Å². The lowest BCUT2D eigenvalue weighted by Gasteiger charge is -2.33. The van der Waals surface area contributed by atoms with Gasteiger partial charge in [-0.15, -0.1) is 0 Å². The van der Waals surface area contributed by atoms with E-state index in [4.69, 9.17) is 4.52 Å². The SMILES string of the molecule is CCC(NC(=O)N1CCCC(c2nc(C)no2)C1)C(C)C. The van der Waals surface area contributed by atoms with E-state index in [1.165, 1.54) is 0 Å². The van der Waals surface area contributed by atoms with E-state index in [0.717, 1.165) is 25.8 Å². The lowest BCUT2D eigenvalue weighted by atomic mass is 9.98. The summed E-state index contributed by atoms with van der Waals surface area (Å²) in [6, 6.07) is 0.250. The maximum absolute atomic E-state index is 12.4. The Bertz CT molecular complexity index is 472. The van der Waals surface area contributed by atoms with Crippen molar-refractivity contribution in [3.8, 4) is 0 Å². The zero-order chi connectivity index (χ0) is 15.4. The Morgan fingerprint density at radius 1 is 1.52 bits per heavy atom. The summed E-state index contributed by atoms with van der Waals surface area (Å²) in [6.45, 7) is 9.63. The van der Waals surface area contributed by atoms with Crippen LogP contribution in [-0.4, -0.2) is 40.2 Å². The smallest absolute Gasteiger partial charge is 0.317 e. The highest BCUT2D eigenvalue weighted by atomic mass is 16.5. The Labute approximate surface area is 126 Å². The fraction of sp³-hybridized carbons (Fsp3) is 0.800. The van der Waals surface area contributed by atoms with Gasteiger partial charge >= 0.3 is 6.03 Å². The van der Waals surface area contributed by atoms with E-state index in [2.05, 4.69) is 36.2 Å². The van der Waals surface area contributed by atoms with E-state index in [1.54, 1.807) is 0 Å². The molecular formula is C15H26N4O2. The van der Waals surface area contributed by atoms with Crippen LogP contribution in [-0.2, 0) is 0 Å². The second-order valence-electron chi connectivity index (χ2n) is 6.17. The molecule has 2 atom stereocenters. The fourth-order valence-corrected chi connectivity index (χ4v) is 2.83. The number of hydrogen-bond donors (Lipinski definition) is 1. The van der Waals surface area contributed by atoms with Crippen LogP contribution in [0.3, 0.4) is 0 Å². The summed E-state index contributed by atoms with van der Waals surface area (Å²) >= 11 is 0. The van der Waals surface area contributed by atoms with Gasteiger partial charge in [-0.2, -0.15) is 4.98 Å². The third kappa shape index (κ3) is 3.95. The summed E-state index contributed by atoms with van der Waals surface area (Å²) in [5, 5.41) is 6.97. The minimum Gasteiger partial charge on any atom is -0.339 e. The van der Waals surface area contributed by atoms with Crippen LogP contribution in [0.5, 0.6) is 0 Å². The number of aryl methyl sites for hydroxylation is 1. The lowest BCUT2D eigenvalue weighted by molar-refractivity contribution is 0.165. The Balaban J connectivity index is 1.95. The molecule has 118 valence electrons. The molecule has 2 heterocycles. The molecule has 0 spiro atoms. The first-order valence-corrected chi connectivity index (χ1v) is 7.86. The highest BCUT2D eigenvalue weighted by Crippen LogP contribution is 2.25. The number of rotatable bonds is 4. The van der Waals surface area contributed by atoms with Crippen LogP contribution in [0.4, 0.5) is 4.79 Å². The molecule has 6 heteroatoms. The second kappa shape index (κ2) is 6.91. The van der Waals surface area contributed by atoms with Gasteiger partial charge in [-0.25, -0.2) is 4.79 Å². The van der Waals surface area contributed by atoms with E-state index < -0.39 is 0 Å². The fourth-order valence-electron chi connectivity index (χ4n) is 2.83. The van der Waals surface area contributed by atoms with Crippen LogP contribution in [0.1, 0.15) is 57.7 Å². The van der Waals surface area contributed by atoms with Crippen molar-refractivity contribution in [3.05, 3.63) is 11.7 Å². The summed E-state index contributed by atoms with van der Waals surface area (Å²) < 4.78 is 5.25. The van der Waals surface area contributed by atoms with Crippen LogP contribution < -0.4 is 5.32 Å². The van der Waals surface area contributed by atoms with E-state index in [-0.39, 0.29) is 18.0 Å². The normalized spacial score (nSPS) is 20.6. The number of aromatic nitrogens is 2. The number of urea groups is 1. The van der Waals surface area contributed by atoms with Crippen LogP contribution >= 0.6 is 0 Å². The first-order chi connectivity index (χ1) is 10.0. The van der Waals surface area contributed by atoms with Crippen molar-refractivity contribution in [2.75, 3.05) is 13.1 Å². The number of nitrogens with one attached hydrogen (secondary N) is 1. The monoisotopic (exact) mass is 294 g/mol. The number of amides is 2. The molecule has 0 radical (unpaired) electrons. The van der Waals surface area contributed by atoms with E-state index in [0.29, 0.717) is 24.2 Å². The van der Waals surface area contributed by atoms with Gasteiger partial charge in [-0.3, -0.25) is 0 Å². The summed E-state index contributed by atoms with van der Waals surface area (Å²) in [7, 11) is 0.